The van der Waals surface area contributed by atoms with E-state index >= 15 is 0 Å². The third-order valence-corrected chi connectivity index (χ3v) is 5.96. The Labute approximate surface area is 156 Å². The van der Waals surface area contributed by atoms with Gasteiger partial charge in [0.15, 0.2) is 5.54 Å². The number of benzene rings is 2. The molecule has 1 amide bonds. The van der Waals surface area contributed by atoms with Crippen LogP contribution in [0.4, 0.5) is 0 Å². The highest BCUT2D eigenvalue weighted by Gasteiger charge is 2.51. The molecule has 25 heavy (non-hydrogen) atoms. The molecule has 3 N–H and O–H groups in total. The van der Waals surface area contributed by atoms with Gasteiger partial charge in [0.2, 0.25) is 0 Å². The maximum absolute atomic E-state index is 13.3. The molecule has 4 rings (SSSR count). The van der Waals surface area contributed by atoms with E-state index in [4.69, 9.17) is 5.73 Å². The second kappa shape index (κ2) is 6.24. The molecule has 0 saturated carbocycles. The molecule has 0 aromatic heterocycles. The van der Waals surface area contributed by atoms with Gasteiger partial charge in [-0.3, -0.25) is 15.8 Å². The van der Waals surface area contributed by atoms with Gasteiger partial charge in [-0.2, -0.15) is 0 Å². The van der Waals surface area contributed by atoms with Gasteiger partial charge in [0.05, 0.1) is 0 Å². The molecule has 2 aromatic carbocycles. The van der Waals surface area contributed by atoms with Crippen molar-refractivity contribution in [2.45, 2.75) is 37.5 Å². The summed E-state index contributed by atoms with van der Waals surface area (Å²) in [6.07, 6.45) is 4.14. The predicted octanol–water partition coefficient (Wildman–Crippen LogP) is 2.88. The Balaban J connectivity index is 1.91. The van der Waals surface area contributed by atoms with Crippen molar-refractivity contribution in [2.75, 3.05) is 7.05 Å². The molecule has 0 radical (unpaired) electrons. The molecule has 2 atom stereocenters. The number of carbonyl (C=O) groups excluding carboxylic acids is 1. The number of nitrogens with one attached hydrogen (secondary N) is 1. The first-order chi connectivity index (χ1) is 12.0. The predicted molar refractivity (Wildman–Crippen MR) is 102 cm³/mol. The molecule has 1 heterocycles. The zero-order chi connectivity index (χ0) is 17.6. The molecule has 0 bridgehead atoms. The van der Waals surface area contributed by atoms with Gasteiger partial charge in [0.25, 0.3) is 5.91 Å². The lowest BCUT2D eigenvalue weighted by Crippen LogP contribution is -2.48. The van der Waals surface area contributed by atoms with Gasteiger partial charge in [-0.15, -0.1) is 0 Å². The second-order valence-electron chi connectivity index (χ2n) is 6.96. The number of likely N-dealkylation sites (N-methyl/N-ethyl adjacent to an activating group) is 1. The summed E-state index contributed by atoms with van der Waals surface area (Å²) in [5.74, 6) is -0.0196. The number of halogens is 1. The maximum Gasteiger partial charge on any atom is 0.254 e. The van der Waals surface area contributed by atoms with Crippen molar-refractivity contribution in [3.63, 3.8) is 0 Å². The Bertz CT molecular complexity index is 837. The summed E-state index contributed by atoms with van der Waals surface area (Å²) >= 11 is 3.53. The minimum atomic E-state index is -0.940. The summed E-state index contributed by atoms with van der Waals surface area (Å²) in [6, 6.07) is 14.4. The molecule has 5 heteroatoms. The van der Waals surface area contributed by atoms with E-state index in [9.17, 15) is 4.79 Å². The minimum absolute atomic E-state index is 0.0196. The molecule has 1 fully saturated rings. The van der Waals surface area contributed by atoms with E-state index < -0.39 is 11.8 Å². The fraction of sp³-hybridized carbons (Fsp3) is 0.350. The van der Waals surface area contributed by atoms with Crippen molar-refractivity contribution in [3.8, 4) is 0 Å². The van der Waals surface area contributed by atoms with Crippen LogP contribution in [0.5, 0.6) is 0 Å². The van der Waals surface area contributed by atoms with Crippen LogP contribution in [-0.2, 0) is 23.2 Å². The molecule has 130 valence electrons. The van der Waals surface area contributed by atoms with Gasteiger partial charge in [-0.1, -0.05) is 46.3 Å². The average Bonchev–Trinajstić information content (AvgIpc) is 2.86. The number of nitrogens with zero attached hydrogens (tertiary/aromatic N) is 1. The largest absolute Gasteiger partial charge is 0.315 e. The van der Waals surface area contributed by atoms with Crippen molar-refractivity contribution < 1.29 is 4.79 Å². The highest BCUT2D eigenvalue weighted by atomic mass is 79.9. The van der Waals surface area contributed by atoms with Gasteiger partial charge in [0.1, 0.15) is 6.29 Å². The summed E-state index contributed by atoms with van der Waals surface area (Å²) < 4.78 is 0.944. The van der Waals surface area contributed by atoms with Gasteiger partial charge >= 0.3 is 0 Å². The molecule has 2 aliphatic rings. The van der Waals surface area contributed by atoms with Crippen LogP contribution >= 0.6 is 15.9 Å². The molecule has 2 unspecified atom stereocenters. The Morgan fingerprint density at radius 2 is 1.84 bits per heavy atom. The highest BCUT2D eigenvalue weighted by Crippen LogP contribution is 2.38. The Morgan fingerprint density at radius 1 is 1.12 bits per heavy atom. The van der Waals surface area contributed by atoms with Gasteiger partial charge in [-0.25, -0.2) is 0 Å². The first-order valence-corrected chi connectivity index (χ1v) is 9.50. The van der Waals surface area contributed by atoms with Crippen molar-refractivity contribution in [1.82, 2.24) is 10.2 Å². The molecule has 1 saturated heterocycles. The van der Waals surface area contributed by atoms with Crippen molar-refractivity contribution >= 4 is 21.8 Å². The van der Waals surface area contributed by atoms with Crippen LogP contribution in [0.15, 0.2) is 46.9 Å². The van der Waals surface area contributed by atoms with Crippen LogP contribution in [0.1, 0.15) is 35.1 Å². The number of rotatable bonds is 2. The van der Waals surface area contributed by atoms with E-state index in [0.717, 1.165) is 28.4 Å². The maximum atomic E-state index is 13.3. The number of fused-ring (bicyclic) bond motifs is 1. The SMILES string of the molecule is CN1C(=O)C(c2cccc(Br)c2)(c2ccc3c(c2)CCCC3)NC1N. The third kappa shape index (κ3) is 2.62. The Kier molecular flexibility index (Phi) is 4.18. The minimum Gasteiger partial charge on any atom is -0.315 e. The molecular formula is C20H22BrN3O. The molecular weight excluding hydrogens is 378 g/mol. The topological polar surface area (TPSA) is 58.4 Å². The highest BCUT2D eigenvalue weighted by molar-refractivity contribution is 9.10. The molecule has 1 aliphatic carbocycles. The number of carbonyl (C=O) groups is 1. The third-order valence-electron chi connectivity index (χ3n) is 5.46. The Morgan fingerprint density at radius 3 is 2.52 bits per heavy atom. The summed E-state index contributed by atoms with van der Waals surface area (Å²) in [6.45, 7) is 0. The van der Waals surface area contributed by atoms with E-state index in [1.807, 2.05) is 24.3 Å². The van der Waals surface area contributed by atoms with Crippen LogP contribution in [0.2, 0.25) is 0 Å². The number of hydrogen-bond donors (Lipinski definition) is 2. The fourth-order valence-electron chi connectivity index (χ4n) is 4.04. The van der Waals surface area contributed by atoms with Crippen LogP contribution < -0.4 is 11.1 Å². The normalized spacial score (nSPS) is 26.0. The van der Waals surface area contributed by atoms with Crippen LogP contribution in [0.25, 0.3) is 0 Å². The lowest BCUT2D eigenvalue weighted by molar-refractivity contribution is -0.131. The van der Waals surface area contributed by atoms with E-state index in [0.29, 0.717) is 0 Å². The Hall–Kier alpha value is -1.69. The molecule has 0 spiro atoms. The van der Waals surface area contributed by atoms with Crippen LogP contribution in [0, 0.1) is 0 Å². The van der Waals surface area contributed by atoms with E-state index in [1.54, 1.807) is 11.9 Å². The van der Waals surface area contributed by atoms with Gasteiger partial charge in [-0.05, 0) is 60.1 Å². The molecule has 1 aliphatic heterocycles. The van der Waals surface area contributed by atoms with E-state index in [-0.39, 0.29) is 5.91 Å². The van der Waals surface area contributed by atoms with Crippen LogP contribution in [-0.4, -0.2) is 24.1 Å². The van der Waals surface area contributed by atoms with Crippen molar-refractivity contribution in [3.05, 3.63) is 69.2 Å². The first kappa shape index (κ1) is 16.8. The molecule has 4 nitrogen and oxygen atoms in total. The van der Waals surface area contributed by atoms with E-state index in [2.05, 4.69) is 39.4 Å². The lowest BCUT2D eigenvalue weighted by atomic mass is 9.79. The number of hydrogen-bond acceptors (Lipinski definition) is 3. The molecule has 2 aromatic rings. The summed E-state index contributed by atoms with van der Waals surface area (Å²) in [5, 5.41) is 3.37. The van der Waals surface area contributed by atoms with Crippen molar-refractivity contribution in [1.29, 1.82) is 0 Å². The summed E-state index contributed by atoms with van der Waals surface area (Å²) in [5.41, 5.74) is 9.87. The number of nitrogens with two attached hydrogens (primary N) is 1. The smallest absolute Gasteiger partial charge is 0.254 e. The zero-order valence-corrected chi connectivity index (χ0v) is 15.8. The summed E-state index contributed by atoms with van der Waals surface area (Å²) in [7, 11) is 1.75. The van der Waals surface area contributed by atoms with Crippen molar-refractivity contribution in [2.24, 2.45) is 5.73 Å². The standard InChI is InChI=1S/C20H22BrN3O/c1-24-18(25)20(23-19(24)22,15-7-4-8-17(21)12-15)16-10-9-13-5-2-3-6-14(13)11-16/h4,7-12,19,23H,2-3,5-6,22H2,1H3. The quantitative estimate of drug-likeness (QED) is 0.815. The second-order valence-corrected chi connectivity index (χ2v) is 7.87. The average molecular weight is 400 g/mol. The fourth-order valence-corrected chi connectivity index (χ4v) is 4.44. The number of amides is 1. The van der Waals surface area contributed by atoms with Gasteiger partial charge < -0.3 is 4.90 Å². The van der Waals surface area contributed by atoms with E-state index in [1.165, 1.54) is 24.0 Å². The monoisotopic (exact) mass is 399 g/mol. The number of aryl methyl sites for hydroxylation is 2. The lowest BCUT2D eigenvalue weighted by Gasteiger charge is -2.30. The zero-order valence-electron chi connectivity index (χ0n) is 14.3. The summed E-state index contributed by atoms with van der Waals surface area (Å²) in [4.78, 5) is 14.9. The van der Waals surface area contributed by atoms with Gasteiger partial charge in [0, 0.05) is 11.5 Å². The van der Waals surface area contributed by atoms with Crippen LogP contribution in [0.3, 0.4) is 0 Å². The first-order valence-electron chi connectivity index (χ1n) is 8.71.